The standard InChI is InChI=1S/C16H26N2O/c1-5-12-7-9-13(10-8-12)15(11(3)4)18-16(19)14(17)6-2/h7-11,14-15H,5-6,17H2,1-4H3,(H,18,19). The van der Waals surface area contributed by atoms with Crippen molar-refractivity contribution in [1.29, 1.82) is 0 Å². The summed E-state index contributed by atoms with van der Waals surface area (Å²) in [6, 6.07) is 8.04. The maximum atomic E-state index is 11.9. The molecule has 3 heteroatoms. The minimum absolute atomic E-state index is 0.0241. The van der Waals surface area contributed by atoms with E-state index in [4.69, 9.17) is 5.73 Å². The first kappa shape index (κ1) is 15.7. The van der Waals surface area contributed by atoms with E-state index in [0.717, 1.165) is 12.0 Å². The summed E-state index contributed by atoms with van der Waals surface area (Å²) in [5.74, 6) is 0.265. The van der Waals surface area contributed by atoms with Crippen LogP contribution in [0, 0.1) is 5.92 Å². The Kier molecular flexibility index (Phi) is 6.03. The van der Waals surface area contributed by atoms with Gasteiger partial charge in [-0.2, -0.15) is 0 Å². The van der Waals surface area contributed by atoms with Gasteiger partial charge in [-0.05, 0) is 29.9 Å². The number of hydrogen-bond acceptors (Lipinski definition) is 2. The van der Waals surface area contributed by atoms with Gasteiger partial charge in [0.05, 0.1) is 12.1 Å². The highest BCUT2D eigenvalue weighted by Gasteiger charge is 2.20. The molecule has 0 spiro atoms. The number of carbonyl (C=O) groups is 1. The van der Waals surface area contributed by atoms with Crippen molar-refractivity contribution in [2.75, 3.05) is 0 Å². The molecule has 1 aromatic rings. The van der Waals surface area contributed by atoms with Crippen LogP contribution in [0.3, 0.4) is 0 Å². The molecular weight excluding hydrogens is 236 g/mol. The van der Waals surface area contributed by atoms with Crippen LogP contribution in [-0.4, -0.2) is 11.9 Å². The van der Waals surface area contributed by atoms with E-state index >= 15 is 0 Å². The number of nitrogens with one attached hydrogen (secondary N) is 1. The van der Waals surface area contributed by atoms with Crippen molar-refractivity contribution in [3.8, 4) is 0 Å². The molecule has 106 valence electrons. The van der Waals surface area contributed by atoms with Crippen molar-refractivity contribution in [1.82, 2.24) is 5.32 Å². The van der Waals surface area contributed by atoms with Gasteiger partial charge >= 0.3 is 0 Å². The zero-order valence-corrected chi connectivity index (χ0v) is 12.4. The SMILES string of the molecule is CCc1ccc(C(NC(=O)C(N)CC)C(C)C)cc1. The molecule has 0 heterocycles. The summed E-state index contributed by atoms with van der Waals surface area (Å²) in [6.07, 6.45) is 1.69. The molecule has 2 unspecified atom stereocenters. The van der Waals surface area contributed by atoms with E-state index in [0.29, 0.717) is 12.3 Å². The van der Waals surface area contributed by atoms with Gasteiger partial charge in [0.2, 0.25) is 5.91 Å². The number of carbonyl (C=O) groups excluding carboxylic acids is 1. The van der Waals surface area contributed by atoms with Crippen LogP contribution in [0.4, 0.5) is 0 Å². The lowest BCUT2D eigenvalue weighted by Gasteiger charge is -2.24. The van der Waals surface area contributed by atoms with Crippen LogP contribution in [0.5, 0.6) is 0 Å². The Morgan fingerprint density at radius 2 is 1.79 bits per heavy atom. The molecule has 0 aliphatic rings. The van der Waals surface area contributed by atoms with Gasteiger partial charge in [-0.25, -0.2) is 0 Å². The lowest BCUT2D eigenvalue weighted by atomic mass is 9.94. The van der Waals surface area contributed by atoms with Crippen LogP contribution in [0.2, 0.25) is 0 Å². The van der Waals surface area contributed by atoms with Crippen molar-refractivity contribution < 1.29 is 4.79 Å². The second-order valence-corrected chi connectivity index (χ2v) is 5.34. The third-order valence-corrected chi connectivity index (χ3v) is 3.49. The fourth-order valence-electron chi connectivity index (χ4n) is 2.04. The van der Waals surface area contributed by atoms with E-state index in [1.54, 1.807) is 0 Å². The Labute approximate surface area is 116 Å². The molecule has 0 fully saturated rings. The van der Waals surface area contributed by atoms with E-state index in [9.17, 15) is 4.79 Å². The van der Waals surface area contributed by atoms with Crippen molar-refractivity contribution in [3.63, 3.8) is 0 Å². The van der Waals surface area contributed by atoms with Gasteiger partial charge in [-0.3, -0.25) is 4.79 Å². The molecule has 0 bridgehead atoms. The smallest absolute Gasteiger partial charge is 0.237 e. The minimum Gasteiger partial charge on any atom is -0.348 e. The Morgan fingerprint density at radius 1 is 1.21 bits per heavy atom. The molecule has 0 aliphatic carbocycles. The Bertz CT molecular complexity index is 398. The van der Waals surface area contributed by atoms with Gasteiger partial charge in [0.15, 0.2) is 0 Å². The fourth-order valence-corrected chi connectivity index (χ4v) is 2.04. The van der Waals surface area contributed by atoms with E-state index in [1.165, 1.54) is 5.56 Å². The quantitative estimate of drug-likeness (QED) is 0.828. The number of amides is 1. The maximum Gasteiger partial charge on any atom is 0.237 e. The van der Waals surface area contributed by atoms with Crippen molar-refractivity contribution in [2.45, 2.75) is 52.6 Å². The predicted octanol–water partition coefficient (Wildman–Crippen LogP) is 2.80. The van der Waals surface area contributed by atoms with E-state index in [2.05, 4.69) is 50.4 Å². The summed E-state index contributed by atoms with van der Waals surface area (Å²) in [4.78, 5) is 11.9. The van der Waals surface area contributed by atoms with Crippen molar-refractivity contribution >= 4 is 5.91 Å². The summed E-state index contributed by atoms with van der Waals surface area (Å²) < 4.78 is 0. The van der Waals surface area contributed by atoms with Crippen LogP contribution in [0.1, 0.15) is 51.3 Å². The second kappa shape index (κ2) is 7.29. The molecule has 1 aromatic carbocycles. The minimum atomic E-state index is -0.420. The number of benzene rings is 1. The number of hydrogen-bond donors (Lipinski definition) is 2. The molecule has 1 rings (SSSR count). The van der Waals surface area contributed by atoms with Crippen LogP contribution in [0.25, 0.3) is 0 Å². The first-order valence-electron chi connectivity index (χ1n) is 7.14. The highest BCUT2D eigenvalue weighted by atomic mass is 16.2. The molecule has 0 saturated heterocycles. The number of aryl methyl sites for hydroxylation is 1. The second-order valence-electron chi connectivity index (χ2n) is 5.34. The zero-order valence-electron chi connectivity index (χ0n) is 12.4. The van der Waals surface area contributed by atoms with Crippen molar-refractivity contribution in [2.24, 2.45) is 11.7 Å². The van der Waals surface area contributed by atoms with Crippen LogP contribution in [0.15, 0.2) is 24.3 Å². The molecule has 0 aliphatic heterocycles. The summed E-state index contributed by atoms with van der Waals surface area (Å²) in [7, 11) is 0. The monoisotopic (exact) mass is 262 g/mol. The van der Waals surface area contributed by atoms with Crippen LogP contribution >= 0.6 is 0 Å². The van der Waals surface area contributed by atoms with Crippen molar-refractivity contribution in [3.05, 3.63) is 35.4 Å². The third kappa shape index (κ3) is 4.35. The van der Waals surface area contributed by atoms with Gasteiger partial charge in [-0.1, -0.05) is 52.0 Å². The first-order valence-corrected chi connectivity index (χ1v) is 7.14. The lowest BCUT2D eigenvalue weighted by molar-refractivity contribution is -0.123. The van der Waals surface area contributed by atoms with Gasteiger partial charge in [0.1, 0.15) is 0 Å². The molecule has 19 heavy (non-hydrogen) atoms. The summed E-state index contributed by atoms with van der Waals surface area (Å²) in [5, 5.41) is 3.06. The topological polar surface area (TPSA) is 55.1 Å². The lowest BCUT2D eigenvalue weighted by Crippen LogP contribution is -2.43. The highest BCUT2D eigenvalue weighted by Crippen LogP contribution is 2.22. The number of nitrogens with two attached hydrogens (primary N) is 1. The average molecular weight is 262 g/mol. The Hall–Kier alpha value is -1.35. The van der Waals surface area contributed by atoms with Gasteiger partial charge in [0.25, 0.3) is 0 Å². The fraction of sp³-hybridized carbons (Fsp3) is 0.562. The summed E-state index contributed by atoms with van der Waals surface area (Å²) in [5.41, 5.74) is 8.23. The molecule has 1 amide bonds. The number of rotatable bonds is 6. The molecule has 2 atom stereocenters. The Balaban J connectivity index is 2.84. The molecule has 0 saturated carbocycles. The van der Waals surface area contributed by atoms with E-state index < -0.39 is 6.04 Å². The molecule has 0 aromatic heterocycles. The van der Waals surface area contributed by atoms with Gasteiger partial charge in [-0.15, -0.1) is 0 Å². The average Bonchev–Trinajstić information content (AvgIpc) is 2.43. The van der Waals surface area contributed by atoms with Crippen LogP contribution < -0.4 is 11.1 Å². The largest absolute Gasteiger partial charge is 0.348 e. The molecular formula is C16H26N2O. The molecule has 3 N–H and O–H groups in total. The normalized spacial score (nSPS) is 14.2. The zero-order chi connectivity index (χ0) is 14.4. The summed E-state index contributed by atoms with van der Waals surface area (Å²) in [6.45, 7) is 8.27. The Morgan fingerprint density at radius 3 is 2.21 bits per heavy atom. The van der Waals surface area contributed by atoms with E-state index in [1.807, 2.05) is 6.92 Å². The summed E-state index contributed by atoms with van der Waals surface area (Å²) >= 11 is 0. The first-order chi connectivity index (χ1) is 8.99. The van der Waals surface area contributed by atoms with Gasteiger partial charge in [0, 0.05) is 0 Å². The van der Waals surface area contributed by atoms with Gasteiger partial charge < -0.3 is 11.1 Å². The maximum absolute atomic E-state index is 11.9. The predicted molar refractivity (Wildman–Crippen MR) is 79.8 cm³/mol. The third-order valence-electron chi connectivity index (χ3n) is 3.49. The molecule has 3 nitrogen and oxygen atoms in total. The van der Waals surface area contributed by atoms with E-state index in [-0.39, 0.29) is 11.9 Å². The molecule has 0 radical (unpaired) electrons. The highest BCUT2D eigenvalue weighted by molar-refractivity contribution is 5.81. The van der Waals surface area contributed by atoms with Crippen LogP contribution in [-0.2, 0) is 11.2 Å².